The van der Waals surface area contributed by atoms with E-state index in [9.17, 15) is 0 Å². The van der Waals surface area contributed by atoms with Crippen molar-refractivity contribution in [3.8, 4) is 0 Å². The molecule has 3 nitrogen and oxygen atoms in total. The lowest BCUT2D eigenvalue weighted by atomic mass is 9.94. The first kappa shape index (κ1) is 18.7. The molecular formula is C20H39N3+2. The zero-order valence-electron chi connectivity index (χ0n) is 15.9. The number of hydrogen-bond acceptors (Lipinski definition) is 1. The second kappa shape index (κ2) is 10.3. The number of nitrogens with zero attached hydrogens (tertiary/aromatic N) is 3. The normalized spacial score (nSPS) is 20.5. The Kier molecular flexibility index (Phi) is 8.33. The van der Waals surface area contributed by atoms with Crippen LogP contribution in [-0.2, 0) is 0 Å². The van der Waals surface area contributed by atoms with Crippen LogP contribution in [0, 0.1) is 0 Å². The summed E-state index contributed by atoms with van der Waals surface area (Å²) in [5.74, 6) is 0. The van der Waals surface area contributed by atoms with Gasteiger partial charge in [-0.15, -0.1) is 9.15 Å². The third-order valence-electron chi connectivity index (χ3n) is 5.63. The van der Waals surface area contributed by atoms with Crippen LogP contribution < -0.4 is 0 Å². The Hall–Kier alpha value is -0.660. The molecule has 0 atom stereocenters. The molecule has 2 fully saturated rings. The topological polar surface area (TPSA) is 9.26 Å². The summed E-state index contributed by atoms with van der Waals surface area (Å²) in [6.45, 7) is 5.77. The Morgan fingerprint density at radius 2 is 1.35 bits per heavy atom. The molecule has 0 aliphatic heterocycles. The monoisotopic (exact) mass is 321 g/mol. The van der Waals surface area contributed by atoms with E-state index in [-0.39, 0.29) is 0 Å². The van der Waals surface area contributed by atoms with Crippen molar-refractivity contribution in [1.29, 1.82) is 0 Å². The highest BCUT2D eigenvalue weighted by Gasteiger charge is 2.28. The van der Waals surface area contributed by atoms with E-state index in [4.69, 9.17) is 0 Å². The standard InChI is InChI=1S/C20H39N3/c1-4-22(19-12-7-5-8-13-19)18-23(17-11-16-21(2)3)20-14-9-6-10-15-20/h19-20H,4-17H2,1-3H3/q+2. The minimum atomic E-state index is 0.739. The van der Waals surface area contributed by atoms with E-state index in [0.717, 1.165) is 18.6 Å². The Labute approximate surface area is 144 Å². The van der Waals surface area contributed by atoms with E-state index in [1.54, 1.807) is 0 Å². The summed E-state index contributed by atoms with van der Waals surface area (Å²) in [5.41, 5.74) is 0. The minimum Gasteiger partial charge on any atom is -0.309 e. The van der Waals surface area contributed by atoms with E-state index >= 15 is 0 Å². The highest BCUT2D eigenvalue weighted by Crippen LogP contribution is 2.21. The quantitative estimate of drug-likeness (QED) is 0.511. The second-order valence-electron chi connectivity index (χ2n) is 7.82. The van der Waals surface area contributed by atoms with Crippen molar-refractivity contribution >= 4 is 6.01 Å². The summed E-state index contributed by atoms with van der Waals surface area (Å²) in [6, 6.07) is 5.35. The predicted molar refractivity (Wildman–Crippen MR) is 97.9 cm³/mol. The Balaban J connectivity index is 2.14. The van der Waals surface area contributed by atoms with Gasteiger partial charge in [-0.25, -0.2) is 0 Å². The maximum absolute atomic E-state index is 3.87. The first-order valence-corrected chi connectivity index (χ1v) is 10.1. The van der Waals surface area contributed by atoms with Crippen LogP contribution in [0.15, 0.2) is 0 Å². The van der Waals surface area contributed by atoms with Crippen LogP contribution in [0.5, 0.6) is 0 Å². The van der Waals surface area contributed by atoms with Gasteiger partial charge >= 0.3 is 6.01 Å². The van der Waals surface area contributed by atoms with Gasteiger partial charge in [-0.3, -0.25) is 0 Å². The van der Waals surface area contributed by atoms with Crippen LogP contribution in [0.25, 0.3) is 0 Å². The first-order valence-electron chi connectivity index (χ1n) is 10.1. The molecule has 0 N–H and O–H groups in total. The van der Waals surface area contributed by atoms with Gasteiger partial charge in [0.15, 0.2) is 25.2 Å². The lowest BCUT2D eigenvalue weighted by Gasteiger charge is -2.19. The van der Waals surface area contributed by atoms with Gasteiger partial charge in [0.05, 0.1) is 0 Å². The zero-order valence-corrected chi connectivity index (χ0v) is 15.9. The largest absolute Gasteiger partial charge is 0.477 e. The molecular weight excluding hydrogens is 282 g/mol. The molecule has 2 aliphatic rings. The summed E-state index contributed by atoms with van der Waals surface area (Å²) >= 11 is 0. The molecule has 0 unspecified atom stereocenters. The summed E-state index contributed by atoms with van der Waals surface area (Å²) in [6.07, 6.45) is 15.2. The molecule has 2 saturated carbocycles. The van der Waals surface area contributed by atoms with E-state index in [1.165, 1.54) is 83.7 Å². The van der Waals surface area contributed by atoms with Crippen LogP contribution >= 0.6 is 0 Å². The Morgan fingerprint density at radius 1 is 0.826 bits per heavy atom. The minimum absolute atomic E-state index is 0.739. The van der Waals surface area contributed by atoms with Crippen molar-refractivity contribution in [2.75, 3.05) is 33.7 Å². The first-order chi connectivity index (χ1) is 11.2. The second-order valence-corrected chi connectivity index (χ2v) is 7.82. The molecule has 0 aromatic rings. The Morgan fingerprint density at radius 3 is 1.83 bits per heavy atom. The maximum atomic E-state index is 3.87. The van der Waals surface area contributed by atoms with Crippen molar-refractivity contribution in [2.24, 2.45) is 0 Å². The summed E-state index contributed by atoms with van der Waals surface area (Å²) < 4.78 is 5.14. The third-order valence-corrected chi connectivity index (χ3v) is 5.63. The average Bonchev–Trinajstić information content (AvgIpc) is 2.59. The molecule has 0 heterocycles. The fourth-order valence-corrected chi connectivity index (χ4v) is 4.23. The van der Waals surface area contributed by atoms with Crippen molar-refractivity contribution in [3.63, 3.8) is 0 Å². The van der Waals surface area contributed by atoms with Gasteiger partial charge in [-0.2, -0.15) is 0 Å². The maximum Gasteiger partial charge on any atom is 0.477 e. The molecule has 0 saturated heterocycles. The highest BCUT2D eigenvalue weighted by atomic mass is 15.1. The summed E-state index contributed by atoms with van der Waals surface area (Å²) in [7, 11) is 4.36. The average molecular weight is 322 g/mol. The van der Waals surface area contributed by atoms with Crippen LogP contribution in [0.3, 0.4) is 0 Å². The van der Waals surface area contributed by atoms with Crippen molar-refractivity contribution in [1.82, 2.24) is 4.90 Å². The SMILES string of the molecule is CC[N+](=C=[N+](CCCN(C)C)C1CCCCC1)C1CCCCC1. The van der Waals surface area contributed by atoms with Gasteiger partial charge in [-0.05, 0) is 46.7 Å². The molecule has 0 radical (unpaired) electrons. The Bertz CT molecular complexity index is 395. The molecule has 0 aromatic carbocycles. The van der Waals surface area contributed by atoms with Crippen LogP contribution in [0.4, 0.5) is 0 Å². The van der Waals surface area contributed by atoms with Crippen LogP contribution in [0.1, 0.15) is 77.6 Å². The van der Waals surface area contributed by atoms with E-state index in [0.29, 0.717) is 0 Å². The lowest BCUT2D eigenvalue weighted by molar-refractivity contribution is -0.626. The third kappa shape index (κ3) is 6.39. The van der Waals surface area contributed by atoms with Gasteiger partial charge in [-0.1, -0.05) is 12.8 Å². The van der Waals surface area contributed by atoms with Crippen molar-refractivity contribution < 1.29 is 9.15 Å². The molecule has 0 bridgehead atoms. The van der Waals surface area contributed by atoms with E-state index in [2.05, 4.69) is 41.1 Å². The summed E-state index contributed by atoms with van der Waals surface area (Å²) in [4.78, 5) is 2.30. The molecule has 3 heteroatoms. The van der Waals surface area contributed by atoms with Gasteiger partial charge in [0.25, 0.3) is 0 Å². The molecule has 23 heavy (non-hydrogen) atoms. The van der Waals surface area contributed by atoms with Gasteiger partial charge in [0.1, 0.15) is 0 Å². The fraction of sp³-hybridized carbons (Fsp3) is 0.950. The smallest absolute Gasteiger partial charge is 0.309 e. The fourth-order valence-electron chi connectivity index (χ4n) is 4.23. The van der Waals surface area contributed by atoms with Gasteiger partial charge in [0.2, 0.25) is 0 Å². The molecule has 132 valence electrons. The van der Waals surface area contributed by atoms with Crippen LogP contribution in [-0.4, -0.2) is 65.9 Å². The molecule has 2 rings (SSSR count). The number of hydrogen-bond donors (Lipinski definition) is 0. The summed E-state index contributed by atoms with van der Waals surface area (Å²) in [5, 5.41) is 0. The van der Waals surface area contributed by atoms with Crippen molar-refractivity contribution in [3.05, 3.63) is 0 Å². The zero-order chi connectivity index (χ0) is 16.5. The van der Waals surface area contributed by atoms with Crippen LogP contribution in [0.2, 0.25) is 0 Å². The lowest BCUT2D eigenvalue weighted by Crippen LogP contribution is -2.35. The van der Waals surface area contributed by atoms with E-state index < -0.39 is 0 Å². The molecule has 0 aromatic heterocycles. The molecule has 0 spiro atoms. The van der Waals surface area contributed by atoms with Gasteiger partial charge in [0, 0.05) is 38.6 Å². The van der Waals surface area contributed by atoms with Crippen molar-refractivity contribution in [2.45, 2.75) is 89.6 Å². The highest BCUT2D eigenvalue weighted by molar-refractivity contribution is 5.26. The molecule has 2 aliphatic carbocycles. The van der Waals surface area contributed by atoms with Gasteiger partial charge < -0.3 is 4.90 Å². The predicted octanol–water partition coefficient (Wildman–Crippen LogP) is 3.82. The number of rotatable bonds is 7. The van der Waals surface area contributed by atoms with E-state index in [1.807, 2.05) is 0 Å². The molecule has 0 amide bonds.